The van der Waals surface area contributed by atoms with Gasteiger partial charge in [-0.05, 0) is 12.1 Å². The molecule has 0 radical (unpaired) electrons. The number of para-hydroxylation sites is 1. The lowest BCUT2D eigenvalue weighted by Gasteiger charge is -2.01. The van der Waals surface area contributed by atoms with E-state index in [-0.39, 0.29) is 0 Å². The zero-order valence-electron chi connectivity index (χ0n) is 6.40. The molecule has 0 N–H and O–H groups in total. The quantitative estimate of drug-likeness (QED) is 0.454. The van der Waals surface area contributed by atoms with Crippen LogP contribution in [0, 0.1) is 0 Å². The summed E-state index contributed by atoms with van der Waals surface area (Å²) < 4.78 is 0. The first-order chi connectivity index (χ1) is 5.42. The third-order valence-electron chi connectivity index (χ3n) is 2.01. The Labute approximate surface area is 67.0 Å². The van der Waals surface area contributed by atoms with Crippen molar-refractivity contribution < 1.29 is 0 Å². The number of nitrogens with zero attached hydrogens (tertiary/aromatic N) is 1. The molecule has 1 fully saturated rings. The number of benzene rings is 1. The molecular formula is C10H11N. The average Bonchev–Trinajstić information content (AvgIpc) is 2.85. The van der Waals surface area contributed by atoms with Gasteiger partial charge in [0, 0.05) is 12.2 Å². The van der Waals surface area contributed by atoms with Crippen molar-refractivity contribution in [3.8, 4) is 0 Å². The Balaban J connectivity index is 2.14. The van der Waals surface area contributed by atoms with Gasteiger partial charge in [0.05, 0.1) is 6.04 Å². The third kappa shape index (κ3) is 1.14. The SMILES string of the molecule is C=CC1CN1c1ccccc1. The van der Waals surface area contributed by atoms with Gasteiger partial charge in [-0.2, -0.15) is 0 Å². The Morgan fingerprint density at radius 2 is 2.09 bits per heavy atom. The zero-order chi connectivity index (χ0) is 7.68. The Hall–Kier alpha value is -1.24. The fraction of sp³-hybridized carbons (Fsp3) is 0.200. The molecule has 1 atom stereocenters. The first-order valence-electron chi connectivity index (χ1n) is 3.86. The molecule has 1 aliphatic heterocycles. The van der Waals surface area contributed by atoms with Crippen molar-refractivity contribution in [2.75, 3.05) is 11.4 Å². The number of anilines is 1. The average molecular weight is 145 g/mol. The van der Waals surface area contributed by atoms with Crippen molar-refractivity contribution in [1.82, 2.24) is 0 Å². The van der Waals surface area contributed by atoms with Gasteiger partial charge in [-0.15, -0.1) is 6.58 Å². The van der Waals surface area contributed by atoms with Crippen molar-refractivity contribution in [3.63, 3.8) is 0 Å². The topological polar surface area (TPSA) is 3.01 Å². The summed E-state index contributed by atoms with van der Waals surface area (Å²) in [5.74, 6) is 0. The molecule has 0 spiro atoms. The Bertz CT molecular complexity index is 253. The molecule has 1 heterocycles. The second-order valence-electron chi connectivity index (χ2n) is 2.79. The molecule has 1 saturated heterocycles. The van der Waals surface area contributed by atoms with E-state index in [1.165, 1.54) is 5.69 Å². The third-order valence-corrected chi connectivity index (χ3v) is 2.01. The van der Waals surface area contributed by atoms with E-state index in [0.717, 1.165) is 6.54 Å². The second kappa shape index (κ2) is 2.42. The predicted molar refractivity (Wildman–Crippen MR) is 47.8 cm³/mol. The molecule has 1 heteroatoms. The smallest absolute Gasteiger partial charge is 0.0647 e. The summed E-state index contributed by atoms with van der Waals surface area (Å²) in [6.07, 6.45) is 1.99. The molecule has 0 bridgehead atoms. The minimum atomic E-state index is 0.581. The summed E-state index contributed by atoms with van der Waals surface area (Å²) in [6, 6.07) is 11.0. The van der Waals surface area contributed by atoms with Gasteiger partial charge in [-0.1, -0.05) is 24.3 Å². The van der Waals surface area contributed by atoms with Gasteiger partial charge in [-0.25, -0.2) is 0 Å². The summed E-state index contributed by atoms with van der Waals surface area (Å²) in [6.45, 7) is 4.89. The Morgan fingerprint density at radius 3 is 2.64 bits per heavy atom. The molecule has 1 aromatic rings. The second-order valence-corrected chi connectivity index (χ2v) is 2.79. The van der Waals surface area contributed by atoms with E-state index in [1.54, 1.807) is 0 Å². The van der Waals surface area contributed by atoms with Crippen molar-refractivity contribution in [2.24, 2.45) is 0 Å². The maximum absolute atomic E-state index is 3.76. The van der Waals surface area contributed by atoms with Crippen LogP contribution in [0.3, 0.4) is 0 Å². The van der Waals surface area contributed by atoms with Crippen molar-refractivity contribution in [1.29, 1.82) is 0 Å². The summed E-state index contributed by atoms with van der Waals surface area (Å²) in [7, 11) is 0. The van der Waals surface area contributed by atoms with Crippen LogP contribution in [0.5, 0.6) is 0 Å². The lowest BCUT2D eigenvalue weighted by atomic mass is 10.3. The van der Waals surface area contributed by atoms with Crippen molar-refractivity contribution in [2.45, 2.75) is 6.04 Å². The van der Waals surface area contributed by atoms with Crippen LogP contribution < -0.4 is 4.90 Å². The van der Waals surface area contributed by atoms with E-state index >= 15 is 0 Å². The van der Waals surface area contributed by atoms with Crippen molar-refractivity contribution in [3.05, 3.63) is 43.0 Å². The van der Waals surface area contributed by atoms with Crippen LogP contribution in [-0.4, -0.2) is 12.6 Å². The van der Waals surface area contributed by atoms with Gasteiger partial charge < -0.3 is 4.90 Å². The molecule has 1 aliphatic rings. The molecule has 1 nitrogen and oxygen atoms in total. The maximum atomic E-state index is 3.76. The van der Waals surface area contributed by atoms with Crippen LogP contribution in [0.15, 0.2) is 43.0 Å². The Kier molecular flexibility index (Phi) is 1.42. The largest absolute Gasteiger partial charge is 0.361 e. The molecule has 0 aliphatic carbocycles. The summed E-state index contributed by atoms with van der Waals surface area (Å²) in [5, 5.41) is 0. The first kappa shape index (κ1) is 6.47. The molecule has 0 aromatic heterocycles. The Morgan fingerprint density at radius 1 is 1.36 bits per heavy atom. The molecular weight excluding hydrogens is 134 g/mol. The molecule has 2 rings (SSSR count). The van der Waals surface area contributed by atoms with E-state index in [2.05, 4.69) is 35.7 Å². The molecule has 1 aromatic carbocycles. The monoisotopic (exact) mass is 145 g/mol. The normalized spacial score (nSPS) is 21.5. The standard InChI is InChI=1S/C10H11N/c1-2-9-8-11(9)10-6-4-3-5-7-10/h2-7,9H,1,8H2. The first-order valence-corrected chi connectivity index (χ1v) is 3.86. The van der Waals surface area contributed by atoms with Crippen molar-refractivity contribution >= 4 is 5.69 Å². The minimum Gasteiger partial charge on any atom is -0.361 e. The van der Waals surface area contributed by atoms with E-state index < -0.39 is 0 Å². The van der Waals surface area contributed by atoms with Gasteiger partial charge in [0.2, 0.25) is 0 Å². The molecule has 0 saturated carbocycles. The van der Waals surface area contributed by atoms with Crippen LogP contribution in [0.1, 0.15) is 0 Å². The van der Waals surface area contributed by atoms with E-state index in [0.29, 0.717) is 6.04 Å². The minimum absolute atomic E-state index is 0.581. The van der Waals surface area contributed by atoms with Crippen LogP contribution in [-0.2, 0) is 0 Å². The van der Waals surface area contributed by atoms with E-state index in [1.807, 2.05) is 12.1 Å². The highest BCUT2D eigenvalue weighted by atomic mass is 15.3. The predicted octanol–water partition coefficient (Wildman–Crippen LogP) is 2.06. The number of rotatable bonds is 2. The van der Waals surface area contributed by atoms with Gasteiger partial charge in [0.1, 0.15) is 0 Å². The lowest BCUT2D eigenvalue weighted by molar-refractivity contribution is 1.27. The highest BCUT2D eigenvalue weighted by molar-refractivity contribution is 5.55. The highest BCUT2D eigenvalue weighted by Gasteiger charge is 2.30. The maximum Gasteiger partial charge on any atom is 0.0647 e. The van der Waals surface area contributed by atoms with Gasteiger partial charge in [0.25, 0.3) is 0 Å². The highest BCUT2D eigenvalue weighted by Crippen LogP contribution is 2.27. The van der Waals surface area contributed by atoms with Crippen LogP contribution in [0.2, 0.25) is 0 Å². The molecule has 0 amide bonds. The number of hydrogen-bond donors (Lipinski definition) is 0. The summed E-state index contributed by atoms with van der Waals surface area (Å²) in [5.41, 5.74) is 1.30. The van der Waals surface area contributed by atoms with Gasteiger partial charge in [-0.3, -0.25) is 0 Å². The van der Waals surface area contributed by atoms with E-state index in [4.69, 9.17) is 0 Å². The van der Waals surface area contributed by atoms with Gasteiger partial charge in [0.15, 0.2) is 0 Å². The fourth-order valence-corrected chi connectivity index (χ4v) is 1.27. The van der Waals surface area contributed by atoms with Crippen LogP contribution in [0.4, 0.5) is 5.69 Å². The molecule has 56 valence electrons. The van der Waals surface area contributed by atoms with Crippen LogP contribution in [0.25, 0.3) is 0 Å². The summed E-state index contributed by atoms with van der Waals surface area (Å²) in [4.78, 5) is 2.31. The molecule has 1 unspecified atom stereocenters. The van der Waals surface area contributed by atoms with Crippen LogP contribution >= 0.6 is 0 Å². The van der Waals surface area contributed by atoms with E-state index in [9.17, 15) is 0 Å². The van der Waals surface area contributed by atoms with Gasteiger partial charge >= 0.3 is 0 Å². The summed E-state index contributed by atoms with van der Waals surface area (Å²) >= 11 is 0. The number of hydrogen-bond acceptors (Lipinski definition) is 1. The zero-order valence-corrected chi connectivity index (χ0v) is 6.40. The fourth-order valence-electron chi connectivity index (χ4n) is 1.27. The molecule has 11 heavy (non-hydrogen) atoms. The lowest BCUT2D eigenvalue weighted by Crippen LogP contribution is -1.94.